The van der Waals surface area contributed by atoms with Crippen molar-refractivity contribution in [3.05, 3.63) is 32.3 Å². The second kappa shape index (κ2) is 6.63. The topological polar surface area (TPSA) is 98.3 Å². The zero-order valence-corrected chi connectivity index (χ0v) is 12.4. The van der Waals surface area contributed by atoms with Gasteiger partial charge in [0.25, 0.3) is 5.69 Å². The standard InChI is InChI=1S/C12H16BrN3O3/c1-3-8(14)5-12(17)15-10-6-11(16(18)19)7(2)4-9(10)13/h4,6,8H,3,5,14H2,1-2H3,(H,15,17). The number of nitrogens with zero attached hydrogens (tertiary/aromatic N) is 1. The third-order valence-electron chi connectivity index (χ3n) is 2.73. The van der Waals surface area contributed by atoms with Gasteiger partial charge in [-0.2, -0.15) is 0 Å². The number of aryl methyl sites for hydroxylation is 1. The Bertz CT molecular complexity index is 505. The first kappa shape index (κ1) is 15.6. The second-order valence-corrected chi connectivity index (χ2v) is 5.15. The van der Waals surface area contributed by atoms with Crippen LogP contribution < -0.4 is 11.1 Å². The lowest BCUT2D eigenvalue weighted by Gasteiger charge is -2.11. The number of anilines is 1. The van der Waals surface area contributed by atoms with Gasteiger partial charge in [0, 0.05) is 28.6 Å². The fourth-order valence-electron chi connectivity index (χ4n) is 1.54. The second-order valence-electron chi connectivity index (χ2n) is 4.30. The lowest BCUT2D eigenvalue weighted by Crippen LogP contribution is -2.26. The Morgan fingerprint density at radius 3 is 2.74 bits per heavy atom. The molecule has 1 aromatic rings. The van der Waals surface area contributed by atoms with E-state index in [1.54, 1.807) is 13.0 Å². The normalized spacial score (nSPS) is 12.0. The van der Waals surface area contributed by atoms with Crippen LogP contribution in [0, 0.1) is 17.0 Å². The van der Waals surface area contributed by atoms with E-state index in [0.29, 0.717) is 22.1 Å². The molecule has 6 nitrogen and oxygen atoms in total. The van der Waals surface area contributed by atoms with Crippen molar-refractivity contribution in [2.45, 2.75) is 32.7 Å². The van der Waals surface area contributed by atoms with E-state index >= 15 is 0 Å². The molecule has 0 aliphatic rings. The van der Waals surface area contributed by atoms with Gasteiger partial charge in [-0.15, -0.1) is 0 Å². The van der Waals surface area contributed by atoms with Crippen molar-refractivity contribution in [1.29, 1.82) is 0 Å². The highest BCUT2D eigenvalue weighted by Crippen LogP contribution is 2.30. The number of hydrogen-bond donors (Lipinski definition) is 2. The van der Waals surface area contributed by atoms with Crippen LogP contribution in [-0.4, -0.2) is 16.9 Å². The van der Waals surface area contributed by atoms with Crippen molar-refractivity contribution in [2.24, 2.45) is 5.73 Å². The Hall–Kier alpha value is -1.47. The third-order valence-corrected chi connectivity index (χ3v) is 3.38. The van der Waals surface area contributed by atoms with Crippen molar-refractivity contribution in [3.63, 3.8) is 0 Å². The highest BCUT2D eigenvalue weighted by Gasteiger charge is 2.16. The molecule has 1 amide bonds. The van der Waals surface area contributed by atoms with E-state index in [2.05, 4.69) is 21.2 Å². The summed E-state index contributed by atoms with van der Waals surface area (Å²) in [4.78, 5) is 22.1. The van der Waals surface area contributed by atoms with E-state index in [1.165, 1.54) is 6.07 Å². The highest BCUT2D eigenvalue weighted by molar-refractivity contribution is 9.10. The Kier molecular flexibility index (Phi) is 5.44. The van der Waals surface area contributed by atoms with Gasteiger partial charge >= 0.3 is 0 Å². The van der Waals surface area contributed by atoms with Crippen LogP contribution in [0.4, 0.5) is 11.4 Å². The summed E-state index contributed by atoms with van der Waals surface area (Å²) in [6, 6.07) is 2.74. The molecule has 0 bridgehead atoms. The molecule has 1 atom stereocenters. The van der Waals surface area contributed by atoms with E-state index in [1.807, 2.05) is 6.92 Å². The maximum Gasteiger partial charge on any atom is 0.274 e. The molecule has 0 aliphatic heterocycles. The molecule has 0 saturated heterocycles. The molecule has 0 heterocycles. The molecule has 1 aromatic carbocycles. The smallest absolute Gasteiger partial charge is 0.274 e. The number of amides is 1. The summed E-state index contributed by atoms with van der Waals surface area (Å²) in [6.07, 6.45) is 0.882. The minimum atomic E-state index is -0.477. The number of rotatable bonds is 5. The van der Waals surface area contributed by atoms with Crippen LogP contribution in [0.3, 0.4) is 0 Å². The van der Waals surface area contributed by atoms with Gasteiger partial charge in [0.1, 0.15) is 0 Å². The first-order valence-corrected chi connectivity index (χ1v) is 6.64. The maximum atomic E-state index is 11.7. The minimum Gasteiger partial charge on any atom is -0.327 e. The van der Waals surface area contributed by atoms with Crippen molar-refractivity contribution < 1.29 is 9.72 Å². The predicted octanol–water partition coefficient (Wildman–Crippen LogP) is 2.73. The summed E-state index contributed by atoms with van der Waals surface area (Å²) in [5, 5.41) is 13.5. The molecular weight excluding hydrogens is 314 g/mol. The van der Waals surface area contributed by atoms with Crippen LogP contribution in [0.2, 0.25) is 0 Å². The first-order chi connectivity index (χ1) is 8.85. The Morgan fingerprint density at radius 2 is 2.21 bits per heavy atom. The number of benzene rings is 1. The number of halogens is 1. The number of nitro benzene ring substituents is 1. The van der Waals surface area contributed by atoms with Gasteiger partial charge in [0.05, 0.1) is 10.6 Å². The number of hydrogen-bond acceptors (Lipinski definition) is 4. The van der Waals surface area contributed by atoms with Gasteiger partial charge in [-0.25, -0.2) is 0 Å². The van der Waals surface area contributed by atoms with E-state index in [0.717, 1.165) is 0 Å². The molecule has 7 heteroatoms. The van der Waals surface area contributed by atoms with Gasteiger partial charge < -0.3 is 11.1 Å². The number of carbonyl (C=O) groups excluding carboxylic acids is 1. The average Bonchev–Trinajstić information content (AvgIpc) is 2.31. The fourth-order valence-corrected chi connectivity index (χ4v) is 2.09. The zero-order valence-electron chi connectivity index (χ0n) is 10.8. The molecule has 0 saturated carbocycles. The monoisotopic (exact) mass is 329 g/mol. The van der Waals surface area contributed by atoms with Gasteiger partial charge in [-0.05, 0) is 35.3 Å². The summed E-state index contributed by atoms with van der Waals surface area (Å²) < 4.78 is 0.606. The predicted molar refractivity (Wildman–Crippen MR) is 77.0 cm³/mol. The molecule has 0 aliphatic carbocycles. The quantitative estimate of drug-likeness (QED) is 0.640. The van der Waals surface area contributed by atoms with E-state index in [4.69, 9.17) is 5.73 Å². The van der Waals surface area contributed by atoms with E-state index in [-0.39, 0.29) is 24.1 Å². The Morgan fingerprint density at radius 1 is 1.58 bits per heavy atom. The molecule has 0 radical (unpaired) electrons. The number of nitrogens with two attached hydrogens (primary N) is 1. The molecule has 104 valence electrons. The van der Waals surface area contributed by atoms with Crippen molar-refractivity contribution in [1.82, 2.24) is 0 Å². The van der Waals surface area contributed by atoms with Gasteiger partial charge in [0.15, 0.2) is 0 Å². The van der Waals surface area contributed by atoms with Crippen molar-refractivity contribution in [3.8, 4) is 0 Å². The molecule has 0 fully saturated rings. The largest absolute Gasteiger partial charge is 0.327 e. The zero-order chi connectivity index (χ0) is 14.6. The lowest BCUT2D eigenvalue weighted by molar-refractivity contribution is -0.385. The first-order valence-electron chi connectivity index (χ1n) is 5.85. The number of nitro groups is 1. The molecule has 1 rings (SSSR count). The lowest BCUT2D eigenvalue weighted by atomic mass is 10.1. The van der Waals surface area contributed by atoms with Crippen LogP contribution in [0.1, 0.15) is 25.3 Å². The van der Waals surface area contributed by atoms with Crippen LogP contribution in [0.25, 0.3) is 0 Å². The van der Waals surface area contributed by atoms with Gasteiger partial charge in [0.2, 0.25) is 5.91 Å². The van der Waals surface area contributed by atoms with Crippen LogP contribution in [0.5, 0.6) is 0 Å². The highest BCUT2D eigenvalue weighted by atomic mass is 79.9. The molecule has 1 unspecified atom stereocenters. The summed E-state index contributed by atoms with van der Waals surface area (Å²) in [7, 11) is 0. The molecule has 3 N–H and O–H groups in total. The molecular formula is C12H16BrN3O3. The molecule has 0 aromatic heterocycles. The summed E-state index contributed by atoms with van der Waals surface area (Å²) >= 11 is 3.27. The summed E-state index contributed by atoms with van der Waals surface area (Å²) in [5.74, 6) is -0.256. The third kappa shape index (κ3) is 4.29. The number of nitrogens with one attached hydrogen (secondary N) is 1. The summed E-state index contributed by atoms with van der Waals surface area (Å²) in [5.41, 5.74) is 6.57. The van der Waals surface area contributed by atoms with Crippen LogP contribution in [0.15, 0.2) is 16.6 Å². The Balaban J connectivity index is 2.92. The fraction of sp³-hybridized carbons (Fsp3) is 0.417. The van der Waals surface area contributed by atoms with E-state index in [9.17, 15) is 14.9 Å². The SMILES string of the molecule is CCC(N)CC(=O)Nc1cc([N+](=O)[O-])c(C)cc1Br. The van der Waals surface area contributed by atoms with Crippen molar-refractivity contribution in [2.75, 3.05) is 5.32 Å². The van der Waals surface area contributed by atoms with Crippen molar-refractivity contribution >= 4 is 33.2 Å². The Labute approximate surface area is 119 Å². The van der Waals surface area contributed by atoms with Crippen LogP contribution >= 0.6 is 15.9 Å². The maximum absolute atomic E-state index is 11.7. The van der Waals surface area contributed by atoms with E-state index < -0.39 is 4.92 Å². The molecule has 19 heavy (non-hydrogen) atoms. The molecule has 0 spiro atoms. The van der Waals surface area contributed by atoms with Gasteiger partial charge in [-0.1, -0.05) is 6.92 Å². The van der Waals surface area contributed by atoms with Crippen LogP contribution in [-0.2, 0) is 4.79 Å². The minimum absolute atomic E-state index is 0.0294. The summed E-state index contributed by atoms with van der Waals surface area (Å²) in [6.45, 7) is 3.53. The van der Waals surface area contributed by atoms with Gasteiger partial charge in [-0.3, -0.25) is 14.9 Å². The number of carbonyl (C=O) groups is 1. The average molecular weight is 330 g/mol.